The molecule has 0 saturated carbocycles. The van der Waals surface area contributed by atoms with Gasteiger partial charge in [-0.2, -0.15) is 4.37 Å². The second kappa shape index (κ2) is 10.2. The van der Waals surface area contributed by atoms with E-state index in [1.54, 1.807) is 6.07 Å². The molecule has 1 aliphatic heterocycles. The summed E-state index contributed by atoms with van der Waals surface area (Å²) in [6, 6.07) is 5.86. The molecular formula is C21H19ClF2N6O3S2. The number of nitrogens with zero attached hydrogens (tertiary/aromatic N) is 3. The van der Waals surface area contributed by atoms with Crippen LogP contribution in [0.15, 0.2) is 47.6 Å². The molecule has 14 heteroatoms. The molecule has 1 aromatic heterocycles. The van der Waals surface area contributed by atoms with Crippen molar-refractivity contribution in [2.75, 3.05) is 24.9 Å². The van der Waals surface area contributed by atoms with E-state index in [1.807, 2.05) is 11.8 Å². The highest BCUT2D eigenvalue weighted by Crippen LogP contribution is 2.35. The third kappa shape index (κ3) is 5.75. The molecule has 0 amide bonds. The van der Waals surface area contributed by atoms with Gasteiger partial charge in [0.05, 0.1) is 6.04 Å². The average molecular weight is 541 g/mol. The molecule has 0 spiro atoms. The number of hydrogen-bond donors (Lipinski definition) is 3. The highest BCUT2D eigenvalue weighted by atomic mass is 35.5. The summed E-state index contributed by atoms with van der Waals surface area (Å²) in [5.41, 5.74) is 0.932. The number of rotatable bonds is 9. The van der Waals surface area contributed by atoms with E-state index in [0.717, 1.165) is 37.2 Å². The zero-order valence-corrected chi connectivity index (χ0v) is 20.5. The van der Waals surface area contributed by atoms with Crippen LogP contribution in [-0.2, 0) is 10.0 Å². The summed E-state index contributed by atoms with van der Waals surface area (Å²) >= 11 is 6.91. The minimum Gasteiger partial charge on any atom is -0.453 e. The van der Waals surface area contributed by atoms with Crippen LogP contribution in [0.1, 0.15) is 5.56 Å². The Morgan fingerprint density at radius 2 is 2.03 bits per heavy atom. The first-order valence-corrected chi connectivity index (χ1v) is 12.7. The number of sulfonamides is 1. The Morgan fingerprint density at radius 3 is 2.69 bits per heavy atom. The van der Waals surface area contributed by atoms with E-state index in [9.17, 15) is 17.2 Å². The van der Waals surface area contributed by atoms with Gasteiger partial charge in [0.15, 0.2) is 11.6 Å². The minimum atomic E-state index is -4.45. The van der Waals surface area contributed by atoms with Gasteiger partial charge in [-0.3, -0.25) is 4.72 Å². The number of nitrogens with one attached hydrogen (secondary N) is 3. The molecule has 2 heterocycles. The molecule has 0 bridgehead atoms. The maximum absolute atomic E-state index is 14.9. The highest BCUT2D eigenvalue weighted by molar-refractivity contribution is 7.93. The van der Waals surface area contributed by atoms with Crippen molar-refractivity contribution < 1.29 is 21.9 Å². The summed E-state index contributed by atoms with van der Waals surface area (Å²) in [5.74, 6) is -2.72. The molecule has 2 aromatic carbocycles. The number of aromatic nitrogens is 2. The van der Waals surface area contributed by atoms with Crippen LogP contribution in [-0.4, -0.2) is 55.1 Å². The Balaban J connectivity index is 1.65. The smallest absolute Gasteiger partial charge is 0.266 e. The third-order valence-electron chi connectivity index (χ3n) is 4.98. The van der Waals surface area contributed by atoms with Crippen LogP contribution >= 0.6 is 23.1 Å². The van der Waals surface area contributed by atoms with Crippen molar-refractivity contribution in [1.82, 2.24) is 19.6 Å². The van der Waals surface area contributed by atoms with E-state index in [-0.39, 0.29) is 16.9 Å². The molecule has 0 aliphatic carbocycles. The highest BCUT2D eigenvalue weighted by Gasteiger charge is 2.26. The number of likely N-dealkylation sites (tertiary alicyclic amines) is 1. The maximum atomic E-state index is 14.9. The zero-order valence-electron chi connectivity index (χ0n) is 18.1. The van der Waals surface area contributed by atoms with E-state index in [1.165, 1.54) is 18.2 Å². The quantitative estimate of drug-likeness (QED) is 0.351. The lowest BCUT2D eigenvalue weighted by atomic mass is 10.1. The molecule has 3 aromatic rings. The molecule has 1 aliphatic rings. The molecule has 4 rings (SSSR count). The summed E-state index contributed by atoms with van der Waals surface area (Å²) < 4.78 is 66.0. The van der Waals surface area contributed by atoms with Gasteiger partial charge in [0, 0.05) is 59.3 Å². The molecule has 0 atom stereocenters. The molecule has 1 saturated heterocycles. The Morgan fingerprint density at radius 1 is 1.26 bits per heavy atom. The number of halogens is 3. The molecule has 0 radical (unpaired) electrons. The second-order valence-electron chi connectivity index (χ2n) is 7.62. The van der Waals surface area contributed by atoms with Crippen molar-refractivity contribution in [3.8, 4) is 11.5 Å². The summed E-state index contributed by atoms with van der Waals surface area (Å²) in [7, 11) is -2.48. The number of likely N-dealkylation sites (N-methyl/N-ethyl adjacent to an activating group) is 1. The van der Waals surface area contributed by atoms with Gasteiger partial charge in [0.1, 0.15) is 22.8 Å². The molecule has 0 unspecified atom stereocenters. The molecule has 3 N–H and O–H groups in total. The molecule has 35 heavy (non-hydrogen) atoms. The zero-order chi connectivity index (χ0) is 25.2. The van der Waals surface area contributed by atoms with E-state index in [4.69, 9.17) is 21.7 Å². The van der Waals surface area contributed by atoms with E-state index >= 15 is 0 Å². The normalized spacial score (nSPS) is 14.9. The molecule has 9 nitrogen and oxygen atoms in total. The fraction of sp³-hybridized carbons (Fsp3) is 0.190. The van der Waals surface area contributed by atoms with Gasteiger partial charge in [0.25, 0.3) is 10.0 Å². The van der Waals surface area contributed by atoms with Crippen molar-refractivity contribution in [2.24, 2.45) is 0 Å². The van der Waals surface area contributed by atoms with Crippen LogP contribution in [0.5, 0.6) is 11.5 Å². The van der Waals surface area contributed by atoms with Crippen LogP contribution in [0.25, 0.3) is 5.70 Å². The van der Waals surface area contributed by atoms with Gasteiger partial charge in [-0.15, -0.1) is 0 Å². The number of hydrogen-bond acceptors (Lipinski definition) is 9. The van der Waals surface area contributed by atoms with Crippen molar-refractivity contribution in [3.63, 3.8) is 0 Å². The van der Waals surface area contributed by atoms with Crippen LogP contribution in [0, 0.1) is 17.0 Å². The summed E-state index contributed by atoms with van der Waals surface area (Å²) in [4.78, 5) is 4.86. The number of ether oxygens (including phenoxy) is 1. The van der Waals surface area contributed by atoms with Crippen LogP contribution < -0.4 is 14.8 Å². The molecular weight excluding hydrogens is 522 g/mol. The predicted molar refractivity (Wildman–Crippen MR) is 130 cm³/mol. The van der Waals surface area contributed by atoms with E-state index in [2.05, 4.69) is 19.6 Å². The largest absolute Gasteiger partial charge is 0.453 e. The van der Waals surface area contributed by atoms with Gasteiger partial charge in [-0.25, -0.2) is 22.2 Å². The maximum Gasteiger partial charge on any atom is 0.266 e. The first-order valence-electron chi connectivity index (χ1n) is 10.1. The monoisotopic (exact) mass is 540 g/mol. The van der Waals surface area contributed by atoms with Crippen LogP contribution in [0.4, 0.5) is 13.9 Å². The Labute approximate surface area is 209 Å². The number of benzene rings is 2. The lowest BCUT2D eigenvalue weighted by Gasteiger charge is -2.38. The van der Waals surface area contributed by atoms with E-state index < -0.39 is 32.3 Å². The SMILES string of the molecule is CN1CC(N/C(=C\C=N)c2cc(Cl)ccc2Oc2cc(F)c(S(=O)(=O)Nc3ncns3)cc2F)C1. The van der Waals surface area contributed by atoms with Crippen molar-refractivity contribution >= 4 is 50.2 Å². The van der Waals surface area contributed by atoms with Gasteiger partial charge >= 0.3 is 0 Å². The fourth-order valence-corrected chi connectivity index (χ4v) is 5.32. The van der Waals surface area contributed by atoms with Crippen molar-refractivity contribution in [1.29, 1.82) is 5.41 Å². The molecule has 184 valence electrons. The number of anilines is 1. The third-order valence-corrected chi connectivity index (χ3v) is 7.28. The van der Waals surface area contributed by atoms with Gasteiger partial charge in [0.2, 0.25) is 5.13 Å². The Kier molecular flexibility index (Phi) is 7.31. The standard InChI is InChI=1S/C21H19ClF2N6O3S2/c1-30-9-13(10-30)28-17(4-5-25)14-6-12(22)2-3-18(14)33-19-7-16(24)20(8-15(19)23)35(31,32)29-21-26-11-27-34-21/h2-8,11,13,25,28H,9-10H2,1H3,(H,26,27,29)/b17-4-,25-5?. The number of allylic oxidation sites excluding steroid dienone is 1. The van der Waals surface area contributed by atoms with E-state index in [0.29, 0.717) is 28.4 Å². The predicted octanol–water partition coefficient (Wildman–Crippen LogP) is 3.96. The topological polar surface area (TPSA) is 120 Å². The van der Waals surface area contributed by atoms with Crippen molar-refractivity contribution in [2.45, 2.75) is 10.9 Å². The summed E-state index contributed by atoms with van der Waals surface area (Å²) in [6.45, 7) is 1.57. The van der Waals surface area contributed by atoms with Gasteiger partial charge in [-0.1, -0.05) is 11.6 Å². The fourth-order valence-electron chi connectivity index (χ4n) is 3.41. The minimum absolute atomic E-state index is 0.0911. The lowest BCUT2D eigenvalue weighted by Crippen LogP contribution is -2.55. The van der Waals surface area contributed by atoms with Crippen LogP contribution in [0.2, 0.25) is 5.02 Å². The lowest BCUT2D eigenvalue weighted by molar-refractivity contribution is 0.176. The van der Waals surface area contributed by atoms with Crippen molar-refractivity contribution in [3.05, 3.63) is 65.0 Å². The van der Waals surface area contributed by atoms with Gasteiger partial charge < -0.3 is 20.4 Å². The Bertz CT molecular complexity index is 1380. The first-order chi connectivity index (χ1) is 16.7. The van der Waals surface area contributed by atoms with Gasteiger partial charge in [-0.05, 0) is 31.3 Å². The average Bonchev–Trinajstić information content (AvgIpc) is 3.27. The van der Waals surface area contributed by atoms with Crippen LogP contribution in [0.3, 0.4) is 0 Å². The molecule has 1 fully saturated rings. The Hall–Kier alpha value is -3.13. The summed E-state index contributed by atoms with van der Waals surface area (Å²) in [5, 5.41) is 11.1. The summed E-state index contributed by atoms with van der Waals surface area (Å²) in [6.07, 6.45) is 3.71. The first kappa shape index (κ1) is 25.0. The second-order valence-corrected chi connectivity index (χ2v) is 10.5.